The SMILES string of the molecule is CC(=NNC(=S)N(C)C)c1cc(C)c(C)cc1O. The number of benzene rings is 1. The Hall–Kier alpha value is -1.62. The van der Waals surface area contributed by atoms with Crippen LogP contribution in [0.5, 0.6) is 5.75 Å². The Kier molecular flexibility index (Phi) is 4.67. The summed E-state index contributed by atoms with van der Waals surface area (Å²) in [5.74, 6) is 0.233. The molecule has 0 aliphatic heterocycles. The number of rotatable bonds is 2. The van der Waals surface area contributed by atoms with E-state index in [1.165, 1.54) is 0 Å². The van der Waals surface area contributed by atoms with Crippen molar-refractivity contribution in [1.82, 2.24) is 10.3 Å². The van der Waals surface area contributed by atoms with Crippen molar-refractivity contribution >= 4 is 23.0 Å². The minimum atomic E-state index is 0.233. The number of phenolic OH excluding ortho intramolecular Hbond substituents is 1. The number of hydrazone groups is 1. The van der Waals surface area contributed by atoms with Gasteiger partial charge in [-0.2, -0.15) is 5.10 Å². The largest absolute Gasteiger partial charge is 0.507 e. The summed E-state index contributed by atoms with van der Waals surface area (Å²) in [6.45, 7) is 5.79. The van der Waals surface area contributed by atoms with Crippen LogP contribution in [0.15, 0.2) is 17.2 Å². The van der Waals surface area contributed by atoms with Crippen molar-refractivity contribution in [1.29, 1.82) is 0 Å². The molecule has 18 heavy (non-hydrogen) atoms. The van der Waals surface area contributed by atoms with Gasteiger partial charge < -0.3 is 10.0 Å². The van der Waals surface area contributed by atoms with E-state index >= 15 is 0 Å². The molecule has 0 amide bonds. The van der Waals surface area contributed by atoms with Crippen molar-refractivity contribution in [3.63, 3.8) is 0 Å². The summed E-state index contributed by atoms with van der Waals surface area (Å²) in [6, 6.07) is 3.66. The van der Waals surface area contributed by atoms with Gasteiger partial charge >= 0.3 is 0 Å². The van der Waals surface area contributed by atoms with Crippen LogP contribution < -0.4 is 5.43 Å². The van der Waals surface area contributed by atoms with Crippen molar-refractivity contribution in [2.24, 2.45) is 5.10 Å². The van der Waals surface area contributed by atoms with Crippen LogP contribution in [0.3, 0.4) is 0 Å². The van der Waals surface area contributed by atoms with E-state index in [9.17, 15) is 5.11 Å². The number of aromatic hydroxyl groups is 1. The van der Waals surface area contributed by atoms with Gasteiger partial charge in [-0.15, -0.1) is 0 Å². The van der Waals surface area contributed by atoms with Crippen LogP contribution in [-0.4, -0.2) is 34.9 Å². The highest BCUT2D eigenvalue weighted by Gasteiger charge is 2.07. The summed E-state index contributed by atoms with van der Waals surface area (Å²) in [7, 11) is 3.68. The second-order valence-electron chi connectivity index (χ2n) is 4.46. The first-order chi connectivity index (χ1) is 8.32. The first-order valence-corrected chi connectivity index (χ1v) is 6.06. The maximum absolute atomic E-state index is 9.91. The van der Waals surface area contributed by atoms with Crippen LogP contribution in [0, 0.1) is 13.8 Å². The van der Waals surface area contributed by atoms with Gasteiger partial charge in [0.1, 0.15) is 5.75 Å². The van der Waals surface area contributed by atoms with Crippen molar-refractivity contribution in [2.75, 3.05) is 14.1 Å². The quantitative estimate of drug-likeness (QED) is 0.489. The number of hydrogen-bond acceptors (Lipinski definition) is 3. The molecule has 0 radical (unpaired) electrons. The topological polar surface area (TPSA) is 47.9 Å². The molecule has 0 aliphatic carbocycles. The van der Waals surface area contributed by atoms with Crippen molar-refractivity contribution in [2.45, 2.75) is 20.8 Å². The maximum atomic E-state index is 9.91. The van der Waals surface area contributed by atoms with Gasteiger partial charge in [-0.05, 0) is 56.2 Å². The fourth-order valence-corrected chi connectivity index (χ4v) is 1.43. The van der Waals surface area contributed by atoms with E-state index in [2.05, 4.69) is 10.5 Å². The highest BCUT2D eigenvalue weighted by atomic mass is 32.1. The maximum Gasteiger partial charge on any atom is 0.189 e. The summed E-state index contributed by atoms with van der Waals surface area (Å²) in [4.78, 5) is 1.76. The lowest BCUT2D eigenvalue weighted by atomic mass is 10.0. The monoisotopic (exact) mass is 265 g/mol. The Morgan fingerprint density at radius 3 is 2.39 bits per heavy atom. The second-order valence-corrected chi connectivity index (χ2v) is 4.85. The van der Waals surface area contributed by atoms with E-state index in [1.807, 2.05) is 40.9 Å². The van der Waals surface area contributed by atoms with Crippen LogP contribution in [0.25, 0.3) is 0 Å². The van der Waals surface area contributed by atoms with Gasteiger partial charge in [0.05, 0.1) is 5.71 Å². The molecule has 0 atom stereocenters. The van der Waals surface area contributed by atoms with Crippen LogP contribution in [-0.2, 0) is 0 Å². The zero-order valence-electron chi connectivity index (χ0n) is 11.4. The zero-order valence-corrected chi connectivity index (χ0v) is 12.2. The molecule has 0 aromatic heterocycles. The number of aryl methyl sites for hydroxylation is 2. The summed E-state index contributed by atoms with van der Waals surface area (Å²) in [6.07, 6.45) is 0. The van der Waals surface area contributed by atoms with Gasteiger partial charge in [0.2, 0.25) is 0 Å². The minimum absolute atomic E-state index is 0.233. The van der Waals surface area contributed by atoms with Gasteiger partial charge in [-0.25, -0.2) is 0 Å². The van der Waals surface area contributed by atoms with Crippen LogP contribution in [0.1, 0.15) is 23.6 Å². The average Bonchev–Trinajstić information content (AvgIpc) is 2.30. The molecule has 0 saturated heterocycles. The van der Waals surface area contributed by atoms with Gasteiger partial charge in [0.25, 0.3) is 0 Å². The smallest absolute Gasteiger partial charge is 0.189 e. The first kappa shape index (κ1) is 14.4. The van der Waals surface area contributed by atoms with Crippen LogP contribution in [0.2, 0.25) is 0 Å². The minimum Gasteiger partial charge on any atom is -0.507 e. The second kappa shape index (κ2) is 5.82. The molecule has 4 nitrogen and oxygen atoms in total. The molecule has 0 aliphatic rings. The van der Waals surface area contributed by atoms with Gasteiger partial charge in [0, 0.05) is 19.7 Å². The molecule has 1 rings (SSSR count). The molecular formula is C13H19N3OS. The predicted octanol–water partition coefficient (Wildman–Crippen LogP) is 2.17. The third kappa shape index (κ3) is 3.43. The van der Waals surface area contributed by atoms with E-state index in [1.54, 1.807) is 11.0 Å². The molecule has 0 bridgehead atoms. The van der Waals surface area contributed by atoms with Gasteiger partial charge in [-0.1, -0.05) is 0 Å². The molecule has 5 heteroatoms. The Labute approximate surface area is 113 Å². The molecule has 0 heterocycles. The van der Waals surface area contributed by atoms with Crippen molar-refractivity contribution in [3.05, 3.63) is 28.8 Å². The lowest BCUT2D eigenvalue weighted by molar-refractivity contribution is 0.473. The molecule has 2 N–H and O–H groups in total. The molecular weight excluding hydrogens is 246 g/mol. The number of nitrogens with one attached hydrogen (secondary N) is 1. The summed E-state index contributed by atoms with van der Waals surface area (Å²) in [5, 5.41) is 14.6. The van der Waals surface area contributed by atoms with E-state index in [0.29, 0.717) is 16.4 Å². The molecule has 98 valence electrons. The third-order valence-electron chi connectivity index (χ3n) is 2.73. The summed E-state index contributed by atoms with van der Waals surface area (Å²) < 4.78 is 0. The Bertz CT molecular complexity index is 495. The van der Waals surface area contributed by atoms with Crippen molar-refractivity contribution in [3.8, 4) is 5.75 Å². The molecule has 1 aromatic rings. The van der Waals surface area contributed by atoms with E-state index in [0.717, 1.165) is 11.1 Å². The standard InChI is InChI=1S/C13H19N3OS/c1-8-6-11(12(17)7-9(8)2)10(3)14-15-13(18)16(4)5/h6-7,17H,1-5H3,(H,15,18). The highest BCUT2D eigenvalue weighted by Crippen LogP contribution is 2.22. The number of hydrogen-bond donors (Lipinski definition) is 2. The normalized spacial score (nSPS) is 11.3. The Balaban J connectivity index is 2.97. The van der Waals surface area contributed by atoms with E-state index in [4.69, 9.17) is 12.2 Å². The van der Waals surface area contributed by atoms with Crippen molar-refractivity contribution < 1.29 is 5.11 Å². The van der Waals surface area contributed by atoms with Crippen LogP contribution >= 0.6 is 12.2 Å². The lowest BCUT2D eigenvalue weighted by Gasteiger charge is -2.13. The van der Waals surface area contributed by atoms with Crippen LogP contribution in [0.4, 0.5) is 0 Å². The number of phenols is 1. The van der Waals surface area contributed by atoms with E-state index < -0.39 is 0 Å². The fourth-order valence-electron chi connectivity index (χ4n) is 1.38. The number of thiocarbonyl (C=S) groups is 1. The zero-order chi connectivity index (χ0) is 13.9. The highest BCUT2D eigenvalue weighted by molar-refractivity contribution is 7.80. The molecule has 0 spiro atoms. The van der Waals surface area contributed by atoms with E-state index in [-0.39, 0.29) is 5.75 Å². The average molecular weight is 265 g/mol. The Morgan fingerprint density at radius 1 is 1.28 bits per heavy atom. The predicted molar refractivity (Wildman–Crippen MR) is 79.2 cm³/mol. The van der Waals surface area contributed by atoms with Gasteiger partial charge in [-0.3, -0.25) is 5.43 Å². The molecule has 1 aromatic carbocycles. The molecule has 0 fully saturated rings. The lowest BCUT2D eigenvalue weighted by Crippen LogP contribution is -2.31. The summed E-state index contributed by atoms with van der Waals surface area (Å²) in [5.41, 5.74) is 6.36. The Morgan fingerprint density at radius 2 is 1.83 bits per heavy atom. The summed E-state index contributed by atoms with van der Waals surface area (Å²) >= 11 is 5.07. The fraction of sp³-hybridized carbons (Fsp3) is 0.385. The van der Waals surface area contributed by atoms with Gasteiger partial charge in [0.15, 0.2) is 5.11 Å². The first-order valence-electron chi connectivity index (χ1n) is 5.65. The molecule has 0 saturated carbocycles. The number of nitrogens with zero attached hydrogens (tertiary/aromatic N) is 2. The third-order valence-corrected chi connectivity index (χ3v) is 3.18. The molecule has 0 unspecified atom stereocenters.